The number of nitrogens with one attached hydrogen (secondary N) is 1. The number of nitrogens with zero attached hydrogens (tertiary/aromatic N) is 1. The molecule has 0 aliphatic heterocycles. The van der Waals surface area contributed by atoms with Gasteiger partial charge in [-0.1, -0.05) is 43.7 Å². The van der Waals surface area contributed by atoms with Crippen molar-refractivity contribution in [1.82, 2.24) is 5.32 Å². The van der Waals surface area contributed by atoms with Crippen molar-refractivity contribution in [1.29, 1.82) is 0 Å². The van der Waals surface area contributed by atoms with Gasteiger partial charge >= 0.3 is 0 Å². The Kier molecular flexibility index (Phi) is 5.30. The second kappa shape index (κ2) is 7.00. The standard InChI is InChI=1S/C14H26N2O/c17-16-14-11-7-2-1-6-10-13(14)15-12-8-4-3-5-9-12/h12-13,15,17H,1-11H2/b16-14+/t13-/m0/s1. The number of hydrogen-bond acceptors (Lipinski definition) is 3. The molecule has 0 aromatic carbocycles. The van der Waals surface area contributed by atoms with Crippen molar-refractivity contribution in [2.24, 2.45) is 5.16 Å². The Bertz CT molecular complexity index is 247. The summed E-state index contributed by atoms with van der Waals surface area (Å²) in [5.74, 6) is 0. The molecule has 0 unspecified atom stereocenters. The zero-order valence-electron chi connectivity index (χ0n) is 10.8. The molecule has 1 atom stereocenters. The molecule has 2 saturated carbocycles. The van der Waals surface area contributed by atoms with Crippen molar-refractivity contribution >= 4 is 5.71 Å². The van der Waals surface area contributed by atoms with Crippen LogP contribution < -0.4 is 5.32 Å². The highest BCUT2D eigenvalue weighted by Crippen LogP contribution is 2.21. The molecule has 0 spiro atoms. The van der Waals surface area contributed by atoms with Crippen molar-refractivity contribution in [2.75, 3.05) is 0 Å². The third-order valence-corrected chi connectivity index (χ3v) is 4.25. The van der Waals surface area contributed by atoms with Gasteiger partial charge in [-0.3, -0.25) is 0 Å². The van der Waals surface area contributed by atoms with E-state index in [-0.39, 0.29) is 0 Å². The third-order valence-electron chi connectivity index (χ3n) is 4.25. The van der Waals surface area contributed by atoms with Crippen molar-refractivity contribution < 1.29 is 5.21 Å². The molecular weight excluding hydrogens is 212 g/mol. The van der Waals surface area contributed by atoms with Gasteiger partial charge < -0.3 is 10.5 Å². The molecule has 2 N–H and O–H groups in total. The van der Waals surface area contributed by atoms with E-state index in [9.17, 15) is 0 Å². The van der Waals surface area contributed by atoms with Gasteiger partial charge in [0.2, 0.25) is 0 Å². The predicted molar refractivity (Wildman–Crippen MR) is 70.7 cm³/mol. The summed E-state index contributed by atoms with van der Waals surface area (Å²) in [5.41, 5.74) is 0.996. The van der Waals surface area contributed by atoms with E-state index in [1.807, 2.05) is 0 Å². The van der Waals surface area contributed by atoms with Crippen molar-refractivity contribution in [2.45, 2.75) is 82.7 Å². The molecule has 0 aromatic rings. The monoisotopic (exact) mass is 238 g/mol. The van der Waals surface area contributed by atoms with E-state index in [4.69, 9.17) is 5.21 Å². The first-order valence-electron chi connectivity index (χ1n) is 7.37. The molecular formula is C14H26N2O. The Morgan fingerprint density at radius 2 is 1.53 bits per heavy atom. The second-order valence-electron chi connectivity index (χ2n) is 5.60. The first kappa shape index (κ1) is 12.9. The molecule has 2 aliphatic carbocycles. The highest BCUT2D eigenvalue weighted by Gasteiger charge is 2.22. The van der Waals surface area contributed by atoms with Crippen LogP contribution in [-0.4, -0.2) is 23.0 Å². The molecule has 0 aromatic heterocycles. The summed E-state index contributed by atoms with van der Waals surface area (Å²) in [4.78, 5) is 0. The van der Waals surface area contributed by atoms with Crippen LogP contribution in [0.5, 0.6) is 0 Å². The summed E-state index contributed by atoms with van der Waals surface area (Å²) in [6, 6.07) is 0.994. The van der Waals surface area contributed by atoms with Crippen LogP contribution >= 0.6 is 0 Å². The van der Waals surface area contributed by atoms with Crippen LogP contribution in [0.1, 0.15) is 70.6 Å². The summed E-state index contributed by atoms with van der Waals surface area (Å²) in [6.07, 6.45) is 13.9. The SMILES string of the molecule is O/N=C1\CCCCCC[C@@H]1NC1CCCCC1. The average molecular weight is 238 g/mol. The lowest BCUT2D eigenvalue weighted by Gasteiger charge is -2.30. The van der Waals surface area contributed by atoms with Crippen LogP contribution in [0.2, 0.25) is 0 Å². The van der Waals surface area contributed by atoms with Gasteiger partial charge in [0.05, 0.1) is 5.71 Å². The first-order chi connectivity index (χ1) is 8.40. The van der Waals surface area contributed by atoms with Crippen LogP contribution in [0.15, 0.2) is 5.16 Å². The quantitative estimate of drug-likeness (QED) is 0.571. The summed E-state index contributed by atoms with van der Waals surface area (Å²) in [6.45, 7) is 0. The van der Waals surface area contributed by atoms with Gasteiger partial charge in [0.1, 0.15) is 0 Å². The fourth-order valence-corrected chi connectivity index (χ4v) is 3.20. The van der Waals surface area contributed by atoms with E-state index in [0.717, 1.165) is 18.6 Å². The maximum absolute atomic E-state index is 9.16. The van der Waals surface area contributed by atoms with Gasteiger partial charge in [-0.05, 0) is 32.1 Å². The molecule has 2 rings (SSSR count). The van der Waals surface area contributed by atoms with Gasteiger partial charge in [-0.25, -0.2) is 0 Å². The van der Waals surface area contributed by atoms with Crippen LogP contribution in [0.25, 0.3) is 0 Å². The number of oxime groups is 1. The summed E-state index contributed by atoms with van der Waals surface area (Å²) in [7, 11) is 0. The lowest BCUT2D eigenvalue weighted by Crippen LogP contribution is -2.44. The zero-order valence-corrected chi connectivity index (χ0v) is 10.8. The summed E-state index contributed by atoms with van der Waals surface area (Å²) in [5, 5.41) is 16.4. The maximum atomic E-state index is 9.16. The lowest BCUT2D eigenvalue weighted by molar-refractivity contribution is 0.304. The third kappa shape index (κ3) is 3.98. The Morgan fingerprint density at radius 3 is 2.29 bits per heavy atom. The van der Waals surface area contributed by atoms with Gasteiger partial charge in [-0.2, -0.15) is 0 Å². The summed E-state index contributed by atoms with van der Waals surface area (Å²) >= 11 is 0. The topological polar surface area (TPSA) is 44.6 Å². The number of hydrogen-bond donors (Lipinski definition) is 2. The summed E-state index contributed by atoms with van der Waals surface area (Å²) < 4.78 is 0. The molecule has 17 heavy (non-hydrogen) atoms. The lowest BCUT2D eigenvalue weighted by atomic mass is 9.91. The van der Waals surface area contributed by atoms with Crippen LogP contribution in [-0.2, 0) is 0 Å². The van der Waals surface area contributed by atoms with E-state index in [0.29, 0.717) is 12.1 Å². The smallest absolute Gasteiger partial charge is 0.0739 e. The maximum Gasteiger partial charge on any atom is 0.0739 e. The molecule has 98 valence electrons. The van der Waals surface area contributed by atoms with E-state index in [1.165, 1.54) is 57.8 Å². The molecule has 2 aliphatic rings. The Hall–Kier alpha value is -0.570. The van der Waals surface area contributed by atoms with Crippen LogP contribution in [0, 0.1) is 0 Å². The Labute approximate surface area is 105 Å². The fraction of sp³-hybridized carbons (Fsp3) is 0.929. The molecule has 0 radical (unpaired) electrons. The van der Waals surface area contributed by atoms with Gasteiger partial charge in [0, 0.05) is 12.1 Å². The van der Waals surface area contributed by atoms with E-state index >= 15 is 0 Å². The van der Waals surface area contributed by atoms with Gasteiger partial charge in [-0.15, -0.1) is 0 Å². The minimum Gasteiger partial charge on any atom is -0.411 e. The van der Waals surface area contributed by atoms with Crippen LogP contribution in [0.3, 0.4) is 0 Å². The Balaban J connectivity index is 1.89. The molecule has 3 heteroatoms. The first-order valence-corrected chi connectivity index (χ1v) is 7.37. The van der Waals surface area contributed by atoms with Gasteiger partial charge in [0.15, 0.2) is 0 Å². The molecule has 2 fully saturated rings. The number of rotatable bonds is 2. The van der Waals surface area contributed by atoms with E-state index < -0.39 is 0 Å². The minimum atomic E-state index is 0.336. The molecule has 0 amide bonds. The van der Waals surface area contributed by atoms with E-state index in [2.05, 4.69) is 10.5 Å². The minimum absolute atomic E-state index is 0.336. The van der Waals surface area contributed by atoms with E-state index in [1.54, 1.807) is 0 Å². The van der Waals surface area contributed by atoms with Gasteiger partial charge in [0.25, 0.3) is 0 Å². The van der Waals surface area contributed by atoms with Crippen LogP contribution in [0.4, 0.5) is 0 Å². The molecule has 0 bridgehead atoms. The fourth-order valence-electron chi connectivity index (χ4n) is 3.20. The van der Waals surface area contributed by atoms with Crippen molar-refractivity contribution in [3.8, 4) is 0 Å². The molecule has 0 saturated heterocycles. The Morgan fingerprint density at radius 1 is 0.882 bits per heavy atom. The molecule has 3 nitrogen and oxygen atoms in total. The normalized spacial score (nSPS) is 31.1. The average Bonchev–Trinajstić information content (AvgIpc) is 2.34. The second-order valence-corrected chi connectivity index (χ2v) is 5.60. The van der Waals surface area contributed by atoms with Crippen molar-refractivity contribution in [3.05, 3.63) is 0 Å². The largest absolute Gasteiger partial charge is 0.411 e. The van der Waals surface area contributed by atoms with Crippen molar-refractivity contribution in [3.63, 3.8) is 0 Å². The highest BCUT2D eigenvalue weighted by molar-refractivity contribution is 5.89. The highest BCUT2D eigenvalue weighted by atomic mass is 16.4. The predicted octanol–water partition coefficient (Wildman–Crippen LogP) is 3.46. The molecule has 0 heterocycles. The zero-order chi connectivity index (χ0) is 11.9.